The Morgan fingerprint density at radius 2 is 1.91 bits per heavy atom. The van der Waals surface area contributed by atoms with Crippen LogP contribution < -0.4 is 15.4 Å². The Kier molecular flexibility index (Phi) is 6.69. The van der Waals surface area contributed by atoms with Crippen molar-refractivity contribution in [1.82, 2.24) is 34.5 Å². The van der Waals surface area contributed by atoms with E-state index in [0.717, 1.165) is 0 Å². The number of amides is 3. The molecule has 0 aliphatic heterocycles. The molecular formula is C19H24N8O4S. The number of hydrogen-bond acceptors (Lipinski definition) is 7. The van der Waals surface area contributed by atoms with Crippen molar-refractivity contribution >= 4 is 33.6 Å². The normalized spacial score (nSPS) is 11.5. The van der Waals surface area contributed by atoms with Crippen LogP contribution in [0.25, 0.3) is 16.8 Å². The number of hydrogen-bond donors (Lipinski definition) is 3. The molecule has 0 spiro atoms. The fourth-order valence-corrected chi connectivity index (χ4v) is 3.91. The highest BCUT2D eigenvalue weighted by atomic mass is 32.2. The van der Waals surface area contributed by atoms with Crippen LogP contribution in [-0.2, 0) is 14.8 Å². The molecule has 0 saturated carbocycles. The fourth-order valence-electron chi connectivity index (χ4n) is 2.67. The van der Waals surface area contributed by atoms with Crippen molar-refractivity contribution in [2.75, 3.05) is 26.0 Å². The maximum atomic E-state index is 12.4. The first-order valence-corrected chi connectivity index (χ1v) is 11.1. The Bertz CT molecular complexity index is 1250. The van der Waals surface area contributed by atoms with E-state index in [0.29, 0.717) is 16.8 Å². The minimum absolute atomic E-state index is 0.0486. The Hall–Kier alpha value is -3.58. The minimum Gasteiger partial charge on any atom is -0.347 e. The highest BCUT2D eigenvalue weighted by Gasteiger charge is 2.17. The number of fused-ring (bicyclic) bond motifs is 1. The van der Waals surface area contributed by atoms with Gasteiger partial charge in [0.25, 0.3) is 5.95 Å². The topological polar surface area (TPSA) is 151 Å². The number of anilines is 1. The Labute approximate surface area is 185 Å². The van der Waals surface area contributed by atoms with Gasteiger partial charge in [0.15, 0.2) is 5.65 Å². The van der Waals surface area contributed by atoms with E-state index >= 15 is 0 Å². The molecule has 0 aliphatic rings. The molecule has 3 amide bonds. The molecule has 0 aromatic carbocycles. The second-order valence-corrected chi connectivity index (χ2v) is 9.15. The molecule has 13 heteroatoms. The van der Waals surface area contributed by atoms with Crippen LogP contribution in [0, 0.1) is 0 Å². The molecule has 0 saturated heterocycles. The van der Waals surface area contributed by atoms with Crippen LogP contribution in [-0.4, -0.2) is 71.5 Å². The number of rotatable bonds is 7. The molecule has 0 bridgehead atoms. The first-order chi connectivity index (χ1) is 15.0. The van der Waals surface area contributed by atoms with Gasteiger partial charge < -0.3 is 10.2 Å². The van der Waals surface area contributed by atoms with Crippen LogP contribution in [0.4, 0.5) is 10.7 Å². The smallest absolute Gasteiger partial charge is 0.322 e. The molecule has 0 atom stereocenters. The largest absolute Gasteiger partial charge is 0.347 e. The molecule has 3 aromatic heterocycles. The van der Waals surface area contributed by atoms with Crippen LogP contribution in [0.15, 0.2) is 41.7 Å². The fraction of sp³-hybridized carbons (Fsp3) is 0.316. The van der Waals surface area contributed by atoms with E-state index in [4.69, 9.17) is 0 Å². The van der Waals surface area contributed by atoms with Crippen molar-refractivity contribution in [1.29, 1.82) is 0 Å². The minimum atomic E-state index is -3.69. The van der Waals surface area contributed by atoms with E-state index in [-0.39, 0.29) is 29.3 Å². The van der Waals surface area contributed by atoms with Crippen molar-refractivity contribution in [3.05, 3.63) is 36.8 Å². The van der Waals surface area contributed by atoms with Crippen molar-refractivity contribution < 1.29 is 18.0 Å². The van der Waals surface area contributed by atoms with Crippen molar-refractivity contribution in [3.63, 3.8) is 0 Å². The summed E-state index contributed by atoms with van der Waals surface area (Å²) in [6.07, 6.45) is 4.47. The lowest BCUT2D eigenvalue weighted by atomic mass is 10.1. The van der Waals surface area contributed by atoms with Crippen LogP contribution in [0.3, 0.4) is 0 Å². The lowest BCUT2D eigenvalue weighted by Gasteiger charge is -2.10. The molecular weight excluding hydrogens is 436 g/mol. The number of carbonyl (C=O) groups excluding carboxylic acids is 2. The number of urea groups is 1. The summed E-state index contributed by atoms with van der Waals surface area (Å²) in [5.74, 6) is -0.207. The third-order valence-electron chi connectivity index (χ3n) is 4.20. The predicted molar refractivity (Wildman–Crippen MR) is 117 cm³/mol. The predicted octanol–water partition coefficient (Wildman–Crippen LogP) is 0.688. The lowest BCUT2D eigenvalue weighted by molar-refractivity contribution is -0.127. The van der Waals surface area contributed by atoms with Gasteiger partial charge in [-0.1, -0.05) is 0 Å². The maximum absolute atomic E-state index is 12.4. The van der Waals surface area contributed by atoms with Gasteiger partial charge in [0.05, 0.1) is 6.54 Å². The summed E-state index contributed by atoms with van der Waals surface area (Å²) < 4.78 is 28.8. The standard InChI is InChI=1S/C19H24N8O4S/c1-12(2)25-32(30,31)15-7-14(8-20-9-15)13-5-6-16-22-18(24-27(16)11-13)23-19(29)21-10-17(28)26(3)4/h5-9,11-12,25H,10H2,1-4H3,(H2,21,23,24,29). The van der Waals surface area contributed by atoms with Gasteiger partial charge in [-0.25, -0.2) is 22.4 Å². The van der Waals surface area contributed by atoms with Crippen molar-refractivity contribution in [2.24, 2.45) is 0 Å². The molecule has 170 valence electrons. The summed E-state index contributed by atoms with van der Waals surface area (Å²) in [4.78, 5) is 33.2. The summed E-state index contributed by atoms with van der Waals surface area (Å²) in [6, 6.07) is 4.07. The maximum Gasteiger partial charge on any atom is 0.322 e. The zero-order valence-electron chi connectivity index (χ0n) is 18.0. The summed E-state index contributed by atoms with van der Waals surface area (Å²) in [5.41, 5.74) is 1.69. The number of sulfonamides is 1. The monoisotopic (exact) mass is 460 g/mol. The molecule has 0 fully saturated rings. The van der Waals surface area contributed by atoms with E-state index in [9.17, 15) is 18.0 Å². The van der Waals surface area contributed by atoms with E-state index < -0.39 is 16.1 Å². The van der Waals surface area contributed by atoms with Crippen molar-refractivity contribution in [2.45, 2.75) is 24.8 Å². The second kappa shape index (κ2) is 9.28. The molecule has 0 radical (unpaired) electrons. The third-order valence-corrected chi connectivity index (χ3v) is 5.83. The zero-order chi connectivity index (χ0) is 23.5. The molecule has 0 aliphatic carbocycles. The van der Waals surface area contributed by atoms with Gasteiger partial charge in [0.2, 0.25) is 15.9 Å². The lowest BCUT2D eigenvalue weighted by Crippen LogP contribution is -2.38. The number of pyridine rings is 2. The second-order valence-electron chi connectivity index (χ2n) is 7.44. The number of likely N-dealkylation sites (N-methyl/N-ethyl adjacent to an activating group) is 1. The summed E-state index contributed by atoms with van der Waals surface area (Å²) in [6.45, 7) is 3.31. The highest BCUT2D eigenvalue weighted by molar-refractivity contribution is 7.89. The average molecular weight is 461 g/mol. The molecule has 3 rings (SSSR count). The Morgan fingerprint density at radius 3 is 2.59 bits per heavy atom. The highest BCUT2D eigenvalue weighted by Crippen LogP contribution is 2.22. The number of carbonyl (C=O) groups is 2. The summed E-state index contributed by atoms with van der Waals surface area (Å²) in [7, 11) is -0.512. The van der Waals surface area contributed by atoms with Gasteiger partial charge >= 0.3 is 6.03 Å². The number of aromatic nitrogens is 4. The first kappa shape index (κ1) is 23.1. The molecule has 3 aromatic rings. The number of nitrogens with one attached hydrogen (secondary N) is 3. The van der Waals surface area contributed by atoms with Gasteiger partial charge in [0.1, 0.15) is 4.90 Å². The molecule has 12 nitrogen and oxygen atoms in total. The third kappa shape index (κ3) is 5.56. The van der Waals surface area contributed by atoms with E-state index in [1.807, 2.05) is 0 Å². The quantitative estimate of drug-likeness (QED) is 0.469. The van der Waals surface area contributed by atoms with Gasteiger partial charge in [-0.2, -0.15) is 4.98 Å². The SMILES string of the molecule is CC(C)NS(=O)(=O)c1cncc(-c2ccc3nc(NC(=O)NCC(=O)N(C)C)nn3c2)c1. The van der Waals surface area contributed by atoms with Crippen LogP contribution >= 0.6 is 0 Å². The number of nitrogens with zero attached hydrogens (tertiary/aromatic N) is 5. The summed E-state index contributed by atoms with van der Waals surface area (Å²) >= 11 is 0. The van der Waals surface area contributed by atoms with E-state index in [2.05, 4.69) is 30.4 Å². The van der Waals surface area contributed by atoms with Crippen molar-refractivity contribution in [3.8, 4) is 11.1 Å². The van der Waals surface area contributed by atoms with Crippen LogP contribution in [0.2, 0.25) is 0 Å². The van der Waals surface area contributed by atoms with Crippen LogP contribution in [0.5, 0.6) is 0 Å². The first-order valence-electron chi connectivity index (χ1n) is 9.64. The van der Waals surface area contributed by atoms with E-state index in [1.54, 1.807) is 52.5 Å². The molecule has 3 heterocycles. The Morgan fingerprint density at radius 1 is 1.16 bits per heavy atom. The average Bonchev–Trinajstić information content (AvgIpc) is 3.12. The summed E-state index contributed by atoms with van der Waals surface area (Å²) in [5, 5.41) is 9.09. The van der Waals surface area contributed by atoms with Crippen LogP contribution in [0.1, 0.15) is 13.8 Å². The Balaban J connectivity index is 1.79. The molecule has 0 unspecified atom stereocenters. The zero-order valence-corrected chi connectivity index (χ0v) is 18.8. The molecule has 32 heavy (non-hydrogen) atoms. The molecule has 3 N–H and O–H groups in total. The van der Waals surface area contributed by atoms with Gasteiger partial charge in [0, 0.05) is 49.9 Å². The van der Waals surface area contributed by atoms with Gasteiger partial charge in [-0.15, -0.1) is 5.10 Å². The van der Waals surface area contributed by atoms with Gasteiger partial charge in [-0.3, -0.25) is 15.1 Å². The van der Waals surface area contributed by atoms with E-state index in [1.165, 1.54) is 21.7 Å². The van der Waals surface area contributed by atoms with Gasteiger partial charge in [-0.05, 0) is 32.0 Å².